The summed E-state index contributed by atoms with van der Waals surface area (Å²) in [5, 5.41) is 8.76. The molecular formula is C24H39ClN4O4. The van der Waals surface area contributed by atoms with Crippen molar-refractivity contribution in [3.05, 3.63) is 40.6 Å². The average Bonchev–Trinajstić information content (AvgIpc) is 2.78. The number of nitrogens with one attached hydrogen (secondary N) is 3. The number of ketones is 1. The van der Waals surface area contributed by atoms with Crippen LogP contribution in [0.3, 0.4) is 0 Å². The largest absolute Gasteiger partial charge is 0.483 e. The highest BCUT2D eigenvalue weighted by atomic mass is 35.5. The number of hydrogen-bond acceptors (Lipinski definition) is 5. The highest BCUT2D eigenvalue weighted by molar-refractivity contribution is 6.38. The molecule has 0 unspecified atom stereocenters. The van der Waals surface area contributed by atoms with Crippen molar-refractivity contribution in [3.63, 3.8) is 0 Å². The highest BCUT2D eigenvalue weighted by Crippen LogP contribution is 2.22. The zero-order chi connectivity index (χ0) is 25.8. The van der Waals surface area contributed by atoms with E-state index < -0.39 is 0 Å². The van der Waals surface area contributed by atoms with Crippen molar-refractivity contribution in [2.75, 3.05) is 20.2 Å². The lowest BCUT2D eigenvalue weighted by Crippen LogP contribution is -2.29. The lowest BCUT2D eigenvalue weighted by atomic mass is 10.2. The van der Waals surface area contributed by atoms with Crippen LogP contribution in [-0.4, -0.2) is 43.6 Å². The van der Waals surface area contributed by atoms with Gasteiger partial charge < -0.3 is 20.7 Å². The van der Waals surface area contributed by atoms with Gasteiger partial charge in [-0.05, 0) is 39.0 Å². The van der Waals surface area contributed by atoms with E-state index in [2.05, 4.69) is 20.9 Å². The molecule has 9 heteroatoms. The third-order valence-electron chi connectivity index (χ3n) is 3.61. The zero-order valence-electron chi connectivity index (χ0n) is 21.1. The first-order valence-corrected chi connectivity index (χ1v) is 11.3. The number of amides is 2. The maximum atomic E-state index is 11.4. The Balaban J connectivity index is 0. The molecule has 2 amide bonds. The predicted molar refractivity (Wildman–Crippen MR) is 136 cm³/mol. The Labute approximate surface area is 203 Å². The molecule has 1 aromatic rings. The molecule has 33 heavy (non-hydrogen) atoms. The monoisotopic (exact) mass is 482 g/mol. The van der Waals surface area contributed by atoms with E-state index in [0.29, 0.717) is 36.1 Å². The van der Waals surface area contributed by atoms with E-state index in [9.17, 15) is 14.4 Å². The standard InChI is InChI=1S/C14H19ClN2O3.C8H14N2O.C2H6/c1-3-13(18)17-8-10-7-11(15)5-6-12(10)20-9-14(19)16-4-2;1-6(2)5-10-8(9-4)7(3)11;1-2/h5-7H,3-4,8-9H2,1-2H3,(H,16,19)(H,17,18);5H,1-4H3,(H,9,10);1-2H3. The van der Waals surface area contributed by atoms with Gasteiger partial charge in [0, 0.05) is 50.3 Å². The molecule has 8 nitrogen and oxygen atoms in total. The maximum absolute atomic E-state index is 11.4. The molecule has 3 N–H and O–H groups in total. The van der Waals surface area contributed by atoms with E-state index in [0.717, 1.165) is 11.1 Å². The molecule has 0 radical (unpaired) electrons. The molecule has 0 spiro atoms. The third kappa shape index (κ3) is 16.4. The van der Waals surface area contributed by atoms with E-state index in [1.807, 2.05) is 34.6 Å². The van der Waals surface area contributed by atoms with Gasteiger partial charge in [0.15, 0.2) is 18.2 Å². The summed E-state index contributed by atoms with van der Waals surface area (Å²) in [4.78, 5) is 37.2. The fourth-order valence-corrected chi connectivity index (χ4v) is 2.27. The van der Waals surface area contributed by atoms with Crippen molar-refractivity contribution in [2.45, 2.75) is 61.4 Å². The molecule has 0 bridgehead atoms. The van der Waals surface area contributed by atoms with Crippen molar-refractivity contribution >= 4 is 35.0 Å². The molecule has 0 saturated heterocycles. The van der Waals surface area contributed by atoms with E-state index in [1.165, 1.54) is 6.92 Å². The number of Topliss-reactive ketones (excluding diaryl/α,β-unsaturated/α-hetero) is 1. The SMILES string of the molecule is CC.CCNC(=O)COc1ccc(Cl)cc1CNC(=O)CC.CN=C(NC=C(C)C)C(C)=O. The van der Waals surface area contributed by atoms with Gasteiger partial charge in [0.05, 0.1) is 0 Å². The second-order valence-electron chi connectivity index (χ2n) is 6.62. The van der Waals surface area contributed by atoms with Crippen LogP contribution in [0, 0.1) is 0 Å². The van der Waals surface area contributed by atoms with Crippen molar-refractivity contribution in [3.8, 4) is 5.75 Å². The Morgan fingerprint density at radius 1 is 1.06 bits per heavy atom. The minimum absolute atomic E-state index is 0.0509. The van der Waals surface area contributed by atoms with Crippen LogP contribution in [-0.2, 0) is 20.9 Å². The first-order valence-electron chi connectivity index (χ1n) is 11.0. The molecular weight excluding hydrogens is 444 g/mol. The molecule has 0 aliphatic rings. The van der Waals surface area contributed by atoms with Gasteiger partial charge >= 0.3 is 0 Å². The highest BCUT2D eigenvalue weighted by Gasteiger charge is 2.08. The molecule has 0 aliphatic carbocycles. The maximum Gasteiger partial charge on any atom is 0.257 e. The number of hydrogen-bond donors (Lipinski definition) is 3. The normalized spacial score (nSPS) is 9.79. The Morgan fingerprint density at radius 3 is 2.18 bits per heavy atom. The van der Waals surface area contributed by atoms with Crippen LogP contribution < -0.4 is 20.7 Å². The van der Waals surface area contributed by atoms with Crippen LogP contribution in [0.4, 0.5) is 0 Å². The van der Waals surface area contributed by atoms with Gasteiger partial charge in [-0.15, -0.1) is 0 Å². The number of ether oxygens (including phenoxy) is 1. The van der Waals surface area contributed by atoms with Crippen LogP contribution >= 0.6 is 11.6 Å². The van der Waals surface area contributed by atoms with Gasteiger partial charge in [0.2, 0.25) is 5.91 Å². The van der Waals surface area contributed by atoms with E-state index in [1.54, 1.807) is 38.4 Å². The fourth-order valence-electron chi connectivity index (χ4n) is 2.07. The summed E-state index contributed by atoms with van der Waals surface area (Å²) in [5.74, 6) is 0.638. The molecule has 0 heterocycles. The molecule has 0 fully saturated rings. The van der Waals surface area contributed by atoms with Crippen LogP contribution in [0.2, 0.25) is 5.02 Å². The average molecular weight is 483 g/mol. The number of halogens is 1. The number of carbonyl (C=O) groups excluding carboxylic acids is 3. The van der Waals surface area contributed by atoms with Gasteiger partial charge in [-0.2, -0.15) is 0 Å². The molecule has 0 saturated carbocycles. The summed E-state index contributed by atoms with van der Waals surface area (Å²) in [7, 11) is 1.59. The van der Waals surface area contributed by atoms with E-state index >= 15 is 0 Å². The summed E-state index contributed by atoms with van der Waals surface area (Å²) in [6, 6.07) is 5.08. The summed E-state index contributed by atoms with van der Waals surface area (Å²) >= 11 is 5.93. The third-order valence-corrected chi connectivity index (χ3v) is 3.84. The number of amidine groups is 1. The second-order valence-corrected chi connectivity index (χ2v) is 7.06. The van der Waals surface area contributed by atoms with E-state index in [4.69, 9.17) is 16.3 Å². The van der Waals surface area contributed by atoms with Crippen molar-refractivity contribution in [1.29, 1.82) is 0 Å². The molecule has 0 aromatic heterocycles. The summed E-state index contributed by atoms with van der Waals surface area (Å²) in [6.45, 7) is 13.8. The van der Waals surface area contributed by atoms with Gasteiger partial charge in [0.1, 0.15) is 5.75 Å². The van der Waals surface area contributed by atoms with Gasteiger partial charge in [0.25, 0.3) is 5.91 Å². The first-order chi connectivity index (χ1) is 15.6. The van der Waals surface area contributed by atoms with Crippen molar-refractivity contribution in [2.24, 2.45) is 4.99 Å². The van der Waals surface area contributed by atoms with Crippen LogP contribution in [0.15, 0.2) is 35.0 Å². The van der Waals surface area contributed by atoms with Crippen molar-refractivity contribution < 1.29 is 19.1 Å². The van der Waals surface area contributed by atoms with Gasteiger partial charge in [-0.3, -0.25) is 19.4 Å². The zero-order valence-corrected chi connectivity index (χ0v) is 21.9. The Kier molecular flexibility index (Phi) is 19.4. The number of nitrogens with zero attached hydrogens (tertiary/aromatic N) is 1. The minimum atomic E-state index is -0.189. The first kappa shape index (κ1) is 32.3. The summed E-state index contributed by atoms with van der Waals surface area (Å²) < 4.78 is 5.45. The lowest BCUT2D eigenvalue weighted by molar-refractivity contribution is -0.123. The number of allylic oxidation sites excluding steroid dienone is 1. The number of benzene rings is 1. The van der Waals surface area contributed by atoms with Crippen LogP contribution in [0.5, 0.6) is 5.75 Å². The Hall–Kier alpha value is -2.87. The van der Waals surface area contributed by atoms with Gasteiger partial charge in [-0.25, -0.2) is 0 Å². The number of rotatable bonds is 9. The number of carbonyl (C=O) groups is 3. The fraction of sp³-hybridized carbons (Fsp3) is 0.500. The summed E-state index contributed by atoms with van der Waals surface area (Å²) in [5.41, 5.74) is 1.84. The quantitative estimate of drug-likeness (QED) is 0.363. The minimum Gasteiger partial charge on any atom is -0.483 e. The number of aliphatic imine (C=N–C) groups is 1. The smallest absolute Gasteiger partial charge is 0.257 e. The lowest BCUT2D eigenvalue weighted by Gasteiger charge is -2.12. The molecule has 1 aromatic carbocycles. The molecule has 1 rings (SSSR count). The van der Waals surface area contributed by atoms with Crippen LogP contribution in [0.25, 0.3) is 0 Å². The molecule has 0 aliphatic heterocycles. The Morgan fingerprint density at radius 2 is 1.70 bits per heavy atom. The summed E-state index contributed by atoms with van der Waals surface area (Å²) in [6.07, 6.45) is 2.17. The molecule has 0 atom stereocenters. The number of likely N-dealkylation sites (N-methyl/N-ethyl adjacent to an activating group) is 1. The van der Waals surface area contributed by atoms with Crippen LogP contribution in [0.1, 0.15) is 60.5 Å². The topological polar surface area (TPSA) is 109 Å². The van der Waals surface area contributed by atoms with Gasteiger partial charge in [-0.1, -0.05) is 37.9 Å². The van der Waals surface area contributed by atoms with E-state index in [-0.39, 0.29) is 24.2 Å². The second kappa shape index (κ2) is 19.8. The molecule has 186 valence electrons. The predicted octanol–water partition coefficient (Wildman–Crippen LogP) is 4.02. The Bertz CT molecular complexity index is 804. The van der Waals surface area contributed by atoms with Crippen molar-refractivity contribution in [1.82, 2.24) is 16.0 Å².